The maximum Gasteiger partial charge on any atom is 0.321 e. The minimum Gasteiger partial charge on any atom is -0.501 e. The zero-order chi connectivity index (χ0) is 22.0. The van der Waals surface area contributed by atoms with Crippen LogP contribution < -0.4 is 0 Å². The van der Waals surface area contributed by atoms with Crippen LogP contribution in [-0.2, 0) is 23.8 Å². The monoisotopic (exact) mass is 428 g/mol. The van der Waals surface area contributed by atoms with E-state index in [0.29, 0.717) is 30.8 Å². The Kier molecular flexibility index (Phi) is 4.84. The fraction of sp³-hybridized carbons (Fsp3) is 0.769. The first kappa shape index (κ1) is 21.1. The predicted octanol–water partition coefficient (Wildman–Crippen LogP) is 4.95. The van der Waals surface area contributed by atoms with E-state index in [1.165, 1.54) is 5.57 Å². The molecule has 0 aromatic heterocycles. The SMILES string of the molecule is CCOC(=O)[C@@H]1C[C@]2(CC[C@@H]3[C@H]4CC=C5C=C(OC)CC[C@]5(C)[C@H]4CC[C@@]32C)OC1=O. The molecule has 3 fully saturated rings. The summed E-state index contributed by atoms with van der Waals surface area (Å²) in [5.41, 5.74) is 1.11. The van der Waals surface area contributed by atoms with Crippen molar-refractivity contribution in [3.63, 3.8) is 0 Å². The molecule has 2 saturated carbocycles. The highest BCUT2D eigenvalue weighted by Crippen LogP contribution is 2.69. The van der Waals surface area contributed by atoms with Crippen molar-refractivity contribution in [3.8, 4) is 0 Å². The van der Waals surface area contributed by atoms with Crippen LogP contribution in [0, 0.1) is 34.5 Å². The average molecular weight is 429 g/mol. The van der Waals surface area contributed by atoms with Gasteiger partial charge in [0.2, 0.25) is 0 Å². The van der Waals surface area contributed by atoms with Crippen LogP contribution in [0.1, 0.15) is 72.1 Å². The molecular weight excluding hydrogens is 392 g/mol. The summed E-state index contributed by atoms with van der Waals surface area (Å²) < 4.78 is 16.9. The lowest BCUT2D eigenvalue weighted by molar-refractivity contribution is -0.169. The van der Waals surface area contributed by atoms with Crippen molar-refractivity contribution in [2.45, 2.75) is 77.7 Å². The maximum atomic E-state index is 12.7. The first-order valence-corrected chi connectivity index (χ1v) is 12.1. The summed E-state index contributed by atoms with van der Waals surface area (Å²) in [5.74, 6) is 1.38. The van der Waals surface area contributed by atoms with Crippen LogP contribution in [0.25, 0.3) is 0 Å². The molecule has 0 aromatic carbocycles. The van der Waals surface area contributed by atoms with Crippen LogP contribution >= 0.6 is 0 Å². The molecule has 1 aliphatic heterocycles. The number of ether oxygens (including phenoxy) is 3. The van der Waals surface area contributed by atoms with Crippen molar-refractivity contribution >= 4 is 11.9 Å². The highest BCUT2D eigenvalue weighted by molar-refractivity contribution is 5.96. The van der Waals surface area contributed by atoms with E-state index in [1.807, 2.05) is 0 Å². The van der Waals surface area contributed by atoms with Gasteiger partial charge in [-0.25, -0.2) is 0 Å². The molecule has 0 unspecified atom stereocenters. The van der Waals surface area contributed by atoms with Crippen molar-refractivity contribution in [2.24, 2.45) is 34.5 Å². The molecule has 0 N–H and O–H groups in total. The smallest absolute Gasteiger partial charge is 0.321 e. The van der Waals surface area contributed by atoms with Gasteiger partial charge in [0.25, 0.3) is 0 Å². The van der Waals surface area contributed by atoms with E-state index in [-0.39, 0.29) is 16.8 Å². The Balaban J connectivity index is 1.43. The number of hydrogen-bond donors (Lipinski definition) is 0. The van der Waals surface area contributed by atoms with Gasteiger partial charge in [-0.15, -0.1) is 0 Å². The Labute approximate surface area is 185 Å². The number of esters is 2. The largest absolute Gasteiger partial charge is 0.501 e. The van der Waals surface area contributed by atoms with Crippen LogP contribution in [0.15, 0.2) is 23.5 Å². The van der Waals surface area contributed by atoms with E-state index in [4.69, 9.17) is 14.2 Å². The summed E-state index contributed by atoms with van der Waals surface area (Å²) in [4.78, 5) is 25.1. The molecule has 1 saturated heterocycles. The van der Waals surface area contributed by atoms with E-state index >= 15 is 0 Å². The molecule has 4 aliphatic carbocycles. The first-order chi connectivity index (χ1) is 14.8. The topological polar surface area (TPSA) is 61.8 Å². The second-order valence-corrected chi connectivity index (χ2v) is 10.9. The van der Waals surface area contributed by atoms with Gasteiger partial charge in [0.1, 0.15) is 5.60 Å². The number of carbonyl (C=O) groups is 2. The molecule has 0 amide bonds. The lowest BCUT2D eigenvalue weighted by atomic mass is 9.47. The van der Waals surface area contributed by atoms with Gasteiger partial charge in [0, 0.05) is 18.3 Å². The summed E-state index contributed by atoms with van der Waals surface area (Å²) >= 11 is 0. The minimum absolute atomic E-state index is 0.0605. The third-order valence-electron chi connectivity index (χ3n) is 9.97. The number of rotatable bonds is 3. The van der Waals surface area contributed by atoms with E-state index in [2.05, 4.69) is 26.0 Å². The fourth-order valence-corrected chi connectivity index (χ4v) is 8.20. The van der Waals surface area contributed by atoms with Crippen LogP contribution in [0.4, 0.5) is 0 Å². The van der Waals surface area contributed by atoms with Crippen molar-refractivity contribution in [1.29, 1.82) is 0 Å². The number of allylic oxidation sites excluding steroid dienone is 4. The molecule has 0 radical (unpaired) electrons. The number of hydrogen-bond acceptors (Lipinski definition) is 5. The van der Waals surface area contributed by atoms with Gasteiger partial charge in [-0.05, 0) is 80.3 Å². The summed E-state index contributed by atoms with van der Waals surface area (Å²) in [5, 5.41) is 0. The molecule has 5 rings (SSSR count). The highest BCUT2D eigenvalue weighted by Gasteiger charge is 2.69. The van der Waals surface area contributed by atoms with Crippen LogP contribution in [0.2, 0.25) is 0 Å². The molecular formula is C26H36O5. The van der Waals surface area contributed by atoms with Gasteiger partial charge < -0.3 is 14.2 Å². The molecule has 0 bridgehead atoms. The third kappa shape index (κ3) is 2.80. The first-order valence-electron chi connectivity index (χ1n) is 12.1. The van der Waals surface area contributed by atoms with Crippen LogP contribution in [0.5, 0.6) is 0 Å². The Hall–Kier alpha value is -1.78. The Morgan fingerprint density at radius 2 is 1.97 bits per heavy atom. The van der Waals surface area contributed by atoms with Gasteiger partial charge in [0.05, 0.1) is 19.5 Å². The summed E-state index contributed by atoms with van der Waals surface area (Å²) in [6, 6.07) is 0. The predicted molar refractivity (Wildman–Crippen MR) is 116 cm³/mol. The Bertz CT molecular complexity index is 858. The second kappa shape index (κ2) is 7.11. The van der Waals surface area contributed by atoms with Crippen molar-refractivity contribution in [1.82, 2.24) is 0 Å². The summed E-state index contributed by atoms with van der Waals surface area (Å²) in [7, 11) is 1.77. The lowest BCUT2D eigenvalue weighted by Crippen LogP contribution is -2.54. The van der Waals surface area contributed by atoms with Crippen molar-refractivity contribution < 1.29 is 23.8 Å². The molecule has 1 heterocycles. The second-order valence-electron chi connectivity index (χ2n) is 10.9. The van der Waals surface area contributed by atoms with Gasteiger partial charge in [-0.2, -0.15) is 0 Å². The van der Waals surface area contributed by atoms with Gasteiger partial charge in [-0.1, -0.05) is 19.9 Å². The van der Waals surface area contributed by atoms with E-state index < -0.39 is 17.5 Å². The quantitative estimate of drug-likeness (QED) is 0.470. The molecule has 0 aromatic rings. The van der Waals surface area contributed by atoms with E-state index in [0.717, 1.165) is 50.7 Å². The van der Waals surface area contributed by atoms with Crippen molar-refractivity contribution in [2.75, 3.05) is 13.7 Å². The third-order valence-corrected chi connectivity index (χ3v) is 9.97. The number of fused-ring (bicyclic) bond motifs is 6. The highest BCUT2D eigenvalue weighted by atomic mass is 16.6. The molecule has 5 heteroatoms. The Morgan fingerprint density at radius 3 is 2.71 bits per heavy atom. The molecule has 5 aliphatic rings. The van der Waals surface area contributed by atoms with Crippen molar-refractivity contribution in [3.05, 3.63) is 23.5 Å². The fourth-order valence-electron chi connectivity index (χ4n) is 8.20. The standard InChI is InChI=1S/C26H36O5/c1-5-30-22(27)19-15-26(31-23(19)28)13-10-21-18-7-6-16-14-17(29-4)8-11-24(16,2)20(18)9-12-25(21,26)3/h6,14,18-21H,5,7-13,15H2,1-4H3/t18-,19-,20-,21+,24-,25-,26-/m0/s1. The van der Waals surface area contributed by atoms with Gasteiger partial charge in [-0.3, -0.25) is 9.59 Å². The average Bonchev–Trinajstić information content (AvgIpc) is 3.24. The zero-order valence-electron chi connectivity index (χ0n) is 19.4. The summed E-state index contributed by atoms with van der Waals surface area (Å²) in [6.07, 6.45) is 12.7. The van der Waals surface area contributed by atoms with Gasteiger partial charge >= 0.3 is 11.9 Å². The minimum atomic E-state index is -0.750. The molecule has 5 nitrogen and oxygen atoms in total. The normalized spacial score (nSPS) is 45.7. The lowest BCUT2D eigenvalue weighted by Gasteiger charge is -2.58. The molecule has 170 valence electrons. The molecule has 31 heavy (non-hydrogen) atoms. The Morgan fingerprint density at radius 1 is 1.19 bits per heavy atom. The number of methoxy groups -OCH3 is 1. The molecule has 1 spiro atoms. The zero-order valence-corrected chi connectivity index (χ0v) is 19.4. The van der Waals surface area contributed by atoms with E-state index in [1.54, 1.807) is 14.0 Å². The van der Waals surface area contributed by atoms with E-state index in [9.17, 15) is 9.59 Å². The van der Waals surface area contributed by atoms with Crippen LogP contribution in [-0.4, -0.2) is 31.3 Å². The van der Waals surface area contributed by atoms with Gasteiger partial charge in [0.15, 0.2) is 5.92 Å². The van der Waals surface area contributed by atoms with Crippen LogP contribution in [0.3, 0.4) is 0 Å². The molecule has 7 atom stereocenters. The maximum absolute atomic E-state index is 12.7. The number of carbonyl (C=O) groups excluding carboxylic acids is 2. The summed E-state index contributed by atoms with van der Waals surface area (Å²) in [6.45, 7) is 6.88.